The van der Waals surface area contributed by atoms with Crippen molar-refractivity contribution in [2.24, 2.45) is 0 Å². The lowest BCUT2D eigenvalue weighted by molar-refractivity contribution is 0.337. The Bertz CT molecular complexity index is 801. The van der Waals surface area contributed by atoms with Gasteiger partial charge in [-0.1, -0.05) is 0 Å². The largest absolute Gasteiger partial charge is 0.493 e. The Hall–Kier alpha value is -2.28. The Balaban J connectivity index is 1.58. The van der Waals surface area contributed by atoms with Crippen molar-refractivity contribution in [3.05, 3.63) is 12.1 Å². The molecule has 0 unspecified atom stereocenters. The summed E-state index contributed by atoms with van der Waals surface area (Å²) >= 11 is 0. The summed E-state index contributed by atoms with van der Waals surface area (Å²) in [6, 6.07) is 3.93. The average molecular weight is 386 g/mol. The Kier molecular flexibility index (Phi) is 6.00. The van der Waals surface area contributed by atoms with E-state index in [1.165, 1.54) is 38.8 Å². The van der Waals surface area contributed by atoms with Crippen molar-refractivity contribution >= 4 is 22.7 Å². The molecule has 2 fully saturated rings. The predicted octanol–water partition coefficient (Wildman–Crippen LogP) is 3.15. The van der Waals surface area contributed by atoms with Crippen LogP contribution in [0.2, 0.25) is 0 Å². The number of nitrogens with one attached hydrogen (secondary N) is 1. The van der Waals surface area contributed by atoms with Gasteiger partial charge in [-0.05, 0) is 57.8 Å². The minimum Gasteiger partial charge on any atom is -0.493 e. The summed E-state index contributed by atoms with van der Waals surface area (Å²) < 4.78 is 11.0. The van der Waals surface area contributed by atoms with Crippen molar-refractivity contribution in [3.8, 4) is 11.5 Å². The highest BCUT2D eigenvalue weighted by Gasteiger charge is 2.19. The lowest BCUT2D eigenvalue weighted by Gasteiger charge is -2.19. The predicted molar refractivity (Wildman–Crippen MR) is 113 cm³/mol. The molecule has 1 aromatic heterocycles. The van der Waals surface area contributed by atoms with E-state index in [1.807, 2.05) is 12.1 Å². The number of ether oxygens (including phenoxy) is 2. The molecule has 0 radical (unpaired) electrons. The van der Waals surface area contributed by atoms with E-state index in [4.69, 9.17) is 19.4 Å². The molecule has 1 aromatic carbocycles. The molecule has 0 amide bonds. The van der Waals surface area contributed by atoms with E-state index in [1.54, 1.807) is 14.2 Å². The summed E-state index contributed by atoms with van der Waals surface area (Å²) in [6.45, 7) is 6.57. The molecule has 2 aromatic rings. The van der Waals surface area contributed by atoms with Crippen molar-refractivity contribution in [1.82, 2.24) is 14.9 Å². The van der Waals surface area contributed by atoms with Gasteiger partial charge in [0.1, 0.15) is 5.82 Å². The van der Waals surface area contributed by atoms with Crippen LogP contribution in [0.25, 0.3) is 10.9 Å². The molecule has 0 atom stereocenters. The molecular weight excluding hydrogens is 354 g/mol. The fraction of sp³-hybridized carbons (Fsp3) is 0.619. The number of rotatable bonds is 8. The first-order valence-electron chi connectivity index (χ1n) is 10.4. The number of anilines is 2. The summed E-state index contributed by atoms with van der Waals surface area (Å²) in [7, 11) is 3.32. The van der Waals surface area contributed by atoms with Crippen LogP contribution in [0.4, 0.5) is 11.8 Å². The van der Waals surface area contributed by atoms with Crippen molar-refractivity contribution in [2.75, 3.05) is 63.7 Å². The molecule has 2 aliphatic heterocycles. The van der Waals surface area contributed by atoms with Gasteiger partial charge in [-0.3, -0.25) is 0 Å². The third-order valence-corrected chi connectivity index (χ3v) is 5.72. The van der Waals surface area contributed by atoms with Crippen LogP contribution < -0.4 is 19.7 Å². The second kappa shape index (κ2) is 8.82. The minimum atomic E-state index is 0.695. The highest BCUT2D eigenvalue weighted by atomic mass is 16.5. The highest BCUT2D eigenvalue weighted by molar-refractivity contribution is 5.92. The summed E-state index contributed by atoms with van der Waals surface area (Å²) in [5, 5.41) is 4.54. The van der Waals surface area contributed by atoms with Gasteiger partial charge in [0.25, 0.3) is 0 Å². The number of aromatic nitrogens is 2. The fourth-order valence-corrected chi connectivity index (χ4v) is 4.15. The SMILES string of the molecule is COc1cc2nc(N3CCCC3)nc(NCCCN3CCCC3)c2cc1OC. The van der Waals surface area contributed by atoms with Crippen molar-refractivity contribution < 1.29 is 9.47 Å². The molecular formula is C21H31N5O2. The van der Waals surface area contributed by atoms with Gasteiger partial charge in [0.15, 0.2) is 11.5 Å². The lowest BCUT2D eigenvalue weighted by Crippen LogP contribution is -2.23. The zero-order valence-electron chi connectivity index (χ0n) is 17.0. The van der Waals surface area contributed by atoms with Crippen LogP contribution in [0.15, 0.2) is 12.1 Å². The molecule has 3 heterocycles. The van der Waals surface area contributed by atoms with Gasteiger partial charge in [-0.25, -0.2) is 4.98 Å². The Labute approximate surface area is 167 Å². The number of methoxy groups -OCH3 is 2. The normalized spacial score (nSPS) is 17.4. The van der Waals surface area contributed by atoms with E-state index < -0.39 is 0 Å². The lowest BCUT2D eigenvalue weighted by atomic mass is 10.2. The fourth-order valence-electron chi connectivity index (χ4n) is 4.15. The minimum absolute atomic E-state index is 0.695. The molecule has 0 spiro atoms. The molecule has 7 nitrogen and oxygen atoms in total. The summed E-state index contributed by atoms with van der Waals surface area (Å²) in [4.78, 5) is 14.5. The summed E-state index contributed by atoms with van der Waals surface area (Å²) in [6.07, 6.45) is 6.19. The molecule has 0 saturated carbocycles. The smallest absolute Gasteiger partial charge is 0.227 e. The van der Waals surface area contributed by atoms with Crippen LogP contribution in [0, 0.1) is 0 Å². The maximum atomic E-state index is 5.50. The number of nitrogens with zero attached hydrogens (tertiary/aromatic N) is 4. The number of hydrogen-bond acceptors (Lipinski definition) is 7. The maximum absolute atomic E-state index is 5.50. The molecule has 2 aliphatic rings. The maximum Gasteiger partial charge on any atom is 0.227 e. The third kappa shape index (κ3) is 4.09. The van der Waals surface area contributed by atoms with Gasteiger partial charge >= 0.3 is 0 Å². The first-order valence-corrected chi connectivity index (χ1v) is 10.4. The van der Waals surface area contributed by atoms with E-state index in [2.05, 4.69) is 15.1 Å². The van der Waals surface area contributed by atoms with Crippen molar-refractivity contribution in [1.29, 1.82) is 0 Å². The van der Waals surface area contributed by atoms with Crippen LogP contribution >= 0.6 is 0 Å². The number of hydrogen-bond donors (Lipinski definition) is 1. The zero-order valence-corrected chi connectivity index (χ0v) is 17.0. The topological polar surface area (TPSA) is 62.8 Å². The number of likely N-dealkylation sites (tertiary alicyclic amines) is 1. The second-order valence-electron chi connectivity index (χ2n) is 7.62. The van der Waals surface area contributed by atoms with Crippen LogP contribution in [0.5, 0.6) is 11.5 Å². The van der Waals surface area contributed by atoms with Gasteiger partial charge in [0.05, 0.1) is 19.7 Å². The van der Waals surface area contributed by atoms with Gasteiger partial charge < -0.3 is 24.6 Å². The van der Waals surface area contributed by atoms with Gasteiger partial charge in [0, 0.05) is 31.1 Å². The van der Waals surface area contributed by atoms with E-state index in [9.17, 15) is 0 Å². The summed E-state index contributed by atoms with van der Waals surface area (Å²) in [5.74, 6) is 3.09. The van der Waals surface area contributed by atoms with Crippen LogP contribution in [0.3, 0.4) is 0 Å². The summed E-state index contributed by atoms with van der Waals surface area (Å²) in [5.41, 5.74) is 0.886. The first kappa shape index (κ1) is 19.1. The quantitative estimate of drug-likeness (QED) is 0.701. The zero-order chi connectivity index (χ0) is 19.3. The van der Waals surface area contributed by atoms with Gasteiger partial charge in [-0.2, -0.15) is 4.98 Å². The van der Waals surface area contributed by atoms with E-state index >= 15 is 0 Å². The standard InChI is InChI=1S/C21H31N5O2/c1-27-18-14-16-17(15-19(18)28-2)23-21(26-12-5-6-13-26)24-20(16)22-8-7-11-25-9-3-4-10-25/h14-15H,3-13H2,1-2H3,(H,22,23,24). The molecule has 0 bridgehead atoms. The Morgan fingerprint density at radius 2 is 1.61 bits per heavy atom. The number of fused-ring (bicyclic) bond motifs is 1. The monoisotopic (exact) mass is 385 g/mol. The molecule has 28 heavy (non-hydrogen) atoms. The molecule has 152 valence electrons. The van der Waals surface area contributed by atoms with Gasteiger partial charge in [0.2, 0.25) is 5.95 Å². The van der Waals surface area contributed by atoms with Crippen molar-refractivity contribution in [3.63, 3.8) is 0 Å². The van der Waals surface area contributed by atoms with Gasteiger partial charge in [-0.15, -0.1) is 0 Å². The number of benzene rings is 1. The third-order valence-electron chi connectivity index (χ3n) is 5.72. The van der Waals surface area contributed by atoms with E-state index in [0.29, 0.717) is 11.5 Å². The van der Waals surface area contributed by atoms with Crippen LogP contribution in [-0.4, -0.2) is 68.4 Å². The van der Waals surface area contributed by atoms with Crippen molar-refractivity contribution in [2.45, 2.75) is 32.1 Å². The van der Waals surface area contributed by atoms with Crippen LogP contribution in [0.1, 0.15) is 32.1 Å². The molecule has 1 N–H and O–H groups in total. The molecule has 7 heteroatoms. The van der Waals surface area contributed by atoms with Crippen LogP contribution in [-0.2, 0) is 0 Å². The average Bonchev–Trinajstić information content (AvgIpc) is 3.44. The van der Waals surface area contributed by atoms with E-state index in [0.717, 1.165) is 55.3 Å². The molecule has 0 aliphatic carbocycles. The second-order valence-corrected chi connectivity index (χ2v) is 7.62. The Morgan fingerprint density at radius 3 is 2.32 bits per heavy atom. The van der Waals surface area contributed by atoms with E-state index in [-0.39, 0.29) is 0 Å². The Morgan fingerprint density at radius 1 is 0.929 bits per heavy atom. The molecule has 2 saturated heterocycles. The highest BCUT2D eigenvalue weighted by Crippen LogP contribution is 2.35. The molecule has 4 rings (SSSR count). The first-order chi connectivity index (χ1) is 13.8.